The zero-order valence-corrected chi connectivity index (χ0v) is 15.7. The van der Waals surface area contributed by atoms with Crippen LogP contribution in [0, 0.1) is 0 Å². The zero-order valence-electron chi connectivity index (χ0n) is 15.7. The highest BCUT2D eigenvalue weighted by Crippen LogP contribution is 2.33. The Morgan fingerprint density at radius 1 is 1.00 bits per heavy atom. The van der Waals surface area contributed by atoms with Crippen LogP contribution in [0.5, 0.6) is 0 Å². The molecule has 134 valence electrons. The maximum absolute atomic E-state index is 4.74. The minimum Gasteiger partial charge on any atom is -0.331 e. The standard InChI is InChI=1S/C19H23N7/c1-12(2)17-14(15-6-8-25(22-15)13(3)4)11-26-16(17)10-21-18(23-26)19-20-7-9-24(19)5/h6-13H,1-5H3. The third-order valence-electron chi connectivity index (χ3n) is 4.59. The van der Waals surface area contributed by atoms with Gasteiger partial charge in [-0.3, -0.25) is 4.68 Å². The normalized spacial score (nSPS) is 12.0. The number of hydrogen-bond acceptors (Lipinski definition) is 4. The van der Waals surface area contributed by atoms with Gasteiger partial charge in [0.25, 0.3) is 0 Å². The molecule has 0 saturated heterocycles. The van der Waals surface area contributed by atoms with Crippen molar-refractivity contribution in [1.29, 1.82) is 0 Å². The van der Waals surface area contributed by atoms with Gasteiger partial charge in [-0.05, 0) is 31.4 Å². The van der Waals surface area contributed by atoms with E-state index in [0.717, 1.165) is 22.6 Å². The lowest BCUT2D eigenvalue weighted by atomic mass is 9.99. The molecule has 26 heavy (non-hydrogen) atoms. The summed E-state index contributed by atoms with van der Waals surface area (Å²) in [6.07, 6.45) is 9.60. The fourth-order valence-corrected chi connectivity index (χ4v) is 3.25. The molecule has 4 heterocycles. The molecule has 0 fully saturated rings. The van der Waals surface area contributed by atoms with Crippen molar-refractivity contribution < 1.29 is 0 Å². The maximum atomic E-state index is 4.74. The first-order chi connectivity index (χ1) is 12.5. The van der Waals surface area contributed by atoms with Crippen LogP contribution in [0.3, 0.4) is 0 Å². The van der Waals surface area contributed by atoms with Crippen LogP contribution < -0.4 is 0 Å². The SMILES string of the molecule is CC(C)c1c(-c2ccn(C(C)C)n2)cn2nc(-c3nccn3C)ncc12. The molecule has 0 aliphatic heterocycles. The van der Waals surface area contributed by atoms with Gasteiger partial charge < -0.3 is 4.57 Å². The summed E-state index contributed by atoms with van der Waals surface area (Å²) in [4.78, 5) is 8.90. The monoisotopic (exact) mass is 349 g/mol. The second-order valence-electron chi connectivity index (χ2n) is 7.16. The van der Waals surface area contributed by atoms with E-state index in [-0.39, 0.29) is 0 Å². The third kappa shape index (κ3) is 2.60. The van der Waals surface area contributed by atoms with Crippen molar-refractivity contribution in [3.63, 3.8) is 0 Å². The first-order valence-corrected chi connectivity index (χ1v) is 8.87. The predicted octanol–water partition coefficient (Wildman–Crippen LogP) is 3.70. The van der Waals surface area contributed by atoms with Crippen LogP contribution in [0.25, 0.3) is 28.4 Å². The summed E-state index contributed by atoms with van der Waals surface area (Å²) < 4.78 is 5.79. The molecule has 0 atom stereocenters. The van der Waals surface area contributed by atoms with Crippen molar-refractivity contribution in [2.24, 2.45) is 7.05 Å². The lowest BCUT2D eigenvalue weighted by molar-refractivity contribution is 0.534. The molecule has 0 radical (unpaired) electrons. The number of aryl methyl sites for hydroxylation is 1. The summed E-state index contributed by atoms with van der Waals surface area (Å²) in [7, 11) is 1.94. The van der Waals surface area contributed by atoms with Crippen LogP contribution in [-0.2, 0) is 7.05 Å². The van der Waals surface area contributed by atoms with Crippen LogP contribution in [0.15, 0.2) is 37.1 Å². The summed E-state index contributed by atoms with van der Waals surface area (Å²) in [6, 6.07) is 2.39. The Kier molecular flexibility index (Phi) is 3.86. The van der Waals surface area contributed by atoms with Crippen LogP contribution in [0.1, 0.15) is 45.2 Å². The molecule has 0 spiro atoms. The highest BCUT2D eigenvalue weighted by atomic mass is 15.3. The predicted molar refractivity (Wildman–Crippen MR) is 101 cm³/mol. The van der Waals surface area contributed by atoms with Gasteiger partial charge in [-0.1, -0.05) is 13.8 Å². The quantitative estimate of drug-likeness (QED) is 0.563. The van der Waals surface area contributed by atoms with Gasteiger partial charge in [-0.2, -0.15) is 5.10 Å². The molecule has 0 N–H and O–H groups in total. The van der Waals surface area contributed by atoms with Gasteiger partial charge in [0.05, 0.1) is 17.4 Å². The Morgan fingerprint density at radius 3 is 2.42 bits per heavy atom. The molecule has 0 bridgehead atoms. The van der Waals surface area contributed by atoms with Gasteiger partial charge in [0.2, 0.25) is 5.82 Å². The molecule has 0 unspecified atom stereocenters. The van der Waals surface area contributed by atoms with E-state index in [1.807, 2.05) is 45.6 Å². The largest absolute Gasteiger partial charge is 0.331 e. The van der Waals surface area contributed by atoms with Crippen molar-refractivity contribution in [2.45, 2.75) is 39.7 Å². The number of nitrogens with zero attached hydrogens (tertiary/aromatic N) is 7. The fraction of sp³-hybridized carbons (Fsp3) is 0.368. The molecule has 0 aliphatic carbocycles. The van der Waals surface area contributed by atoms with Crippen LogP contribution >= 0.6 is 0 Å². The van der Waals surface area contributed by atoms with E-state index >= 15 is 0 Å². The molecule has 0 aromatic carbocycles. The number of rotatable bonds is 4. The molecule has 7 heteroatoms. The molecule has 4 rings (SSSR count). The Hall–Kier alpha value is -2.96. The molecular weight excluding hydrogens is 326 g/mol. The highest BCUT2D eigenvalue weighted by Gasteiger charge is 2.19. The maximum Gasteiger partial charge on any atom is 0.216 e. The second-order valence-corrected chi connectivity index (χ2v) is 7.16. The first kappa shape index (κ1) is 16.5. The molecule has 0 saturated carbocycles. The summed E-state index contributed by atoms with van der Waals surface area (Å²) in [5, 5.41) is 9.44. The smallest absolute Gasteiger partial charge is 0.216 e. The van der Waals surface area contributed by atoms with Crippen molar-refractivity contribution in [2.75, 3.05) is 0 Å². The van der Waals surface area contributed by atoms with Crippen LogP contribution in [-0.4, -0.2) is 33.9 Å². The van der Waals surface area contributed by atoms with Gasteiger partial charge in [0.15, 0.2) is 5.82 Å². The highest BCUT2D eigenvalue weighted by molar-refractivity contribution is 5.75. The summed E-state index contributed by atoms with van der Waals surface area (Å²) in [6.45, 7) is 8.62. The third-order valence-corrected chi connectivity index (χ3v) is 4.59. The molecule has 4 aromatic rings. The molecule has 7 nitrogen and oxygen atoms in total. The zero-order chi connectivity index (χ0) is 18.4. The lowest BCUT2D eigenvalue weighted by Gasteiger charge is -2.07. The van der Waals surface area contributed by atoms with E-state index in [0.29, 0.717) is 17.8 Å². The number of aromatic nitrogens is 7. The van der Waals surface area contributed by atoms with Crippen molar-refractivity contribution >= 4 is 5.52 Å². The average Bonchev–Trinajstić information content (AvgIpc) is 3.31. The average molecular weight is 349 g/mol. The van der Waals surface area contributed by atoms with Crippen molar-refractivity contribution in [3.05, 3.63) is 42.6 Å². The van der Waals surface area contributed by atoms with Gasteiger partial charge in [0, 0.05) is 43.4 Å². The van der Waals surface area contributed by atoms with E-state index in [9.17, 15) is 0 Å². The Labute approximate surface area is 152 Å². The Morgan fingerprint density at radius 2 is 1.81 bits per heavy atom. The van der Waals surface area contributed by atoms with Crippen LogP contribution in [0.2, 0.25) is 0 Å². The molecular formula is C19H23N7. The van der Waals surface area contributed by atoms with E-state index < -0.39 is 0 Å². The lowest BCUT2D eigenvalue weighted by Crippen LogP contribution is -2.01. The van der Waals surface area contributed by atoms with E-state index in [2.05, 4.69) is 43.7 Å². The van der Waals surface area contributed by atoms with E-state index in [1.54, 1.807) is 6.20 Å². The van der Waals surface area contributed by atoms with Crippen molar-refractivity contribution in [1.82, 2.24) is 33.9 Å². The minimum absolute atomic E-state index is 0.332. The number of fused-ring (bicyclic) bond motifs is 1. The van der Waals surface area contributed by atoms with Gasteiger partial charge in [-0.15, -0.1) is 5.10 Å². The second kappa shape index (κ2) is 6.09. The number of imidazole rings is 1. The minimum atomic E-state index is 0.332. The molecule has 0 amide bonds. The van der Waals surface area contributed by atoms with Gasteiger partial charge in [-0.25, -0.2) is 14.5 Å². The van der Waals surface area contributed by atoms with Gasteiger partial charge >= 0.3 is 0 Å². The molecule has 0 aliphatic rings. The number of hydrogen-bond donors (Lipinski definition) is 0. The Balaban J connectivity index is 1.89. The van der Waals surface area contributed by atoms with E-state index in [1.165, 1.54) is 5.56 Å². The summed E-state index contributed by atoms with van der Waals surface area (Å²) in [5.41, 5.74) is 4.29. The fourth-order valence-electron chi connectivity index (χ4n) is 3.25. The summed E-state index contributed by atoms with van der Waals surface area (Å²) in [5.74, 6) is 1.69. The molecule has 4 aromatic heterocycles. The Bertz CT molecular complexity index is 1060. The van der Waals surface area contributed by atoms with Crippen LogP contribution in [0.4, 0.5) is 0 Å². The summed E-state index contributed by atoms with van der Waals surface area (Å²) >= 11 is 0. The first-order valence-electron chi connectivity index (χ1n) is 8.87. The van der Waals surface area contributed by atoms with Gasteiger partial charge in [0.1, 0.15) is 0 Å². The van der Waals surface area contributed by atoms with E-state index in [4.69, 9.17) is 10.2 Å². The topological polar surface area (TPSA) is 65.8 Å². The van der Waals surface area contributed by atoms with Crippen molar-refractivity contribution in [3.8, 4) is 22.9 Å².